The third kappa shape index (κ3) is 7.48. The molecule has 1 heterocycles. The lowest BCUT2D eigenvalue weighted by Crippen LogP contribution is -2.10. The Morgan fingerprint density at radius 2 is 0.531 bits per heavy atom. The van der Waals surface area contributed by atoms with E-state index in [1.54, 1.807) is 0 Å². The van der Waals surface area contributed by atoms with Crippen molar-refractivity contribution in [3.8, 4) is 72.6 Å². The highest BCUT2D eigenvalue weighted by Crippen LogP contribution is 2.44. The van der Waals surface area contributed by atoms with Gasteiger partial charge in [0.25, 0.3) is 0 Å². The number of benzene rings is 10. The van der Waals surface area contributed by atoms with Gasteiger partial charge >= 0.3 is 0 Å². The van der Waals surface area contributed by atoms with Gasteiger partial charge in [0, 0.05) is 33.7 Å². The molecule has 0 aliphatic heterocycles. The van der Waals surface area contributed by atoms with Crippen LogP contribution in [0.3, 0.4) is 0 Å². The minimum atomic E-state index is 1.07. The highest BCUT2D eigenvalue weighted by Gasteiger charge is 2.22. The molecule has 2 nitrogen and oxygen atoms in total. The van der Waals surface area contributed by atoms with Crippen LogP contribution in [0.2, 0.25) is 0 Å². The standard InChI is InChI=1S/C62H44N2/c1-5-15-45(16-6-1)47-25-29-49(30-26-47)51-33-37-55(38-34-51)63(56-39-35-52(36-40-56)50-31-27-48(28-32-50)46-17-7-2-8-18-46)57-41-43-58(44-42-57)64-60-24-14-13-23-59(60)61(53-19-9-3-10-20-53)62(64)54-21-11-4-12-22-54/h1-44H. The Morgan fingerprint density at radius 1 is 0.234 bits per heavy atom. The van der Waals surface area contributed by atoms with Gasteiger partial charge in [-0.2, -0.15) is 0 Å². The summed E-state index contributed by atoms with van der Waals surface area (Å²) in [6.45, 7) is 0. The topological polar surface area (TPSA) is 8.17 Å². The van der Waals surface area contributed by atoms with E-state index < -0.39 is 0 Å². The third-order valence-electron chi connectivity index (χ3n) is 12.3. The van der Waals surface area contributed by atoms with Crippen molar-refractivity contribution in [1.29, 1.82) is 0 Å². The van der Waals surface area contributed by atoms with E-state index in [4.69, 9.17) is 0 Å². The number of anilines is 3. The molecule has 0 fully saturated rings. The molecule has 0 N–H and O–H groups in total. The summed E-state index contributed by atoms with van der Waals surface area (Å²) in [6.07, 6.45) is 0. The lowest BCUT2D eigenvalue weighted by molar-refractivity contribution is 1.13. The lowest BCUT2D eigenvalue weighted by Gasteiger charge is -2.26. The van der Waals surface area contributed by atoms with Crippen molar-refractivity contribution in [2.45, 2.75) is 0 Å². The molecule has 64 heavy (non-hydrogen) atoms. The largest absolute Gasteiger partial charge is 0.311 e. The van der Waals surface area contributed by atoms with Crippen molar-refractivity contribution in [1.82, 2.24) is 4.57 Å². The maximum atomic E-state index is 2.43. The SMILES string of the molecule is c1ccc(-c2ccc(-c3ccc(N(c4ccc(-c5ccc(-c6ccccc6)cc5)cc4)c4ccc(-n5c(-c6ccccc6)c(-c6ccccc6)c6ccccc65)cc4)cc3)cc2)cc1. The molecule has 302 valence electrons. The van der Waals surface area contributed by atoms with Crippen LogP contribution in [0.15, 0.2) is 267 Å². The van der Waals surface area contributed by atoms with Gasteiger partial charge in [-0.05, 0) is 110 Å². The van der Waals surface area contributed by atoms with Gasteiger partial charge in [-0.25, -0.2) is 0 Å². The number of hydrogen-bond donors (Lipinski definition) is 0. The van der Waals surface area contributed by atoms with Gasteiger partial charge in [-0.1, -0.05) is 212 Å². The molecule has 0 amide bonds. The Kier molecular flexibility index (Phi) is 10.3. The fourth-order valence-electron chi connectivity index (χ4n) is 9.05. The number of rotatable bonds is 10. The summed E-state index contributed by atoms with van der Waals surface area (Å²) in [7, 11) is 0. The highest BCUT2D eigenvalue weighted by atomic mass is 15.1. The van der Waals surface area contributed by atoms with Crippen LogP contribution >= 0.6 is 0 Å². The van der Waals surface area contributed by atoms with Gasteiger partial charge in [-0.15, -0.1) is 0 Å². The molecule has 0 aliphatic rings. The fraction of sp³-hybridized carbons (Fsp3) is 0. The number of nitrogens with zero attached hydrogens (tertiary/aromatic N) is 2. The zero-order chi connectivity index (χ0) is 42.7. The molecule has 2 heteroatoms. The monoisotopic (exact) mass is 816 g/mol. The zero-order valence-corrected chi connectivity index (χ0v) is 35.3. The van der Waals surface area contributed by atoms with Crippen LogP contribution in [0.25, 0.3) is 83.5 Å². The van der Waals surface area contributed by atoms with Crippen LogP contribution in [-0.2, 0) is 0 Å². The number of para-hydroxylation sites is 1. The molecule has 10 aromatic carbocycles. The number of hydrogen-bond acceptors (Lipinski definition) is 1. The predicted octanol–water partition coefficient (Wildman–Crippen LogP) is 17.1. The first-order valence-corrected chi connectivity index (χ1v) is 21.9. The molecule has 1 aromatic heterocycles. The molecule has 0 radical (unpaired) electrons. The van der Waals surface area contributed by atoms with E-state index in [1.165, 1.54) is 77.8 Å². The Bertz CT molecular complexity index is 3160. The van der Waals surface area contributed by atoms with Crippen molar-refractivity contribution < 1.29 is 0 Å². The maximum Gasteiger partial charge on any atom is 0.0619 e. The summed E-state index contributed by atoms with van der Waals surface area (Å²) in [5, 5.41) is 1.22. The summed E-state index contributed by atoms with van der Waals surface area (Å²) in [6, 6.07) is 96.1. The minimum absolute atomic E-state index is 1.07. The Labute approximate surface area is 375 Å². The first-order chi connectivity index (χ1) is 31.7. The van der Waals surface area contributed by atoms with Gasteiger partial charge in [0.15, 0.2) is 0 Å². The molecule has 0 saturated heterocycles. The molecule has 0 aliphatic carbocycles. The zero-order valence-electron chi connectivity index (χ0n) is 35.3. The van der Waals surface area contributed by atoms with Gasteiger partial charge in [0.05, 0.1) is 11.2 Å². The Balaban J connectivity index is 0.983. The van der Waals surface area contributed by atoms with Crippen LogP contribution in [0.4, 0.5) is 17.1 Å². The van der Waals surface area contributed by atoms with E-state index in [-0.39, 0.29) is 0 Å². The lowest BCUT2D eigenvalue weighted by atomic mass is 9.98. The van der Waals surface area contributed by atoms with Crippen molar-refractivity contribution in [2.24, 2.45) is 0 Å². The van der Waals surface area contributed by atoms with Crippen molar-refractivity contribution in [3.63, 3.8) is 0 Å². The first-order valence-electron chi connectivity index (χ1n) is 21.9. The Morgan fingerprint density at radius 3 is 0.938 bits per heavy atom. The van der Waals surface area contributed by atoms with Crippen molar-refractivity contribution in [2.75, 3.05) is 4.90 Å². The van der Waals surface area contributed by atoms with Gasteiger partial charge in [-0.3, -0.25) is 0 Å². The molecular formula is C62H44N2. The predicted molar refractivity (Wildman–Crippen MR) is 271 cm³/mol. The molecule has 0 saturated carbocycles. The molecule has 11 aromatic rings. The molecule has 0 bridgehead atoms. The summed E-state index contributed by atoms with van der Waals surface area (Å²) >= 11 is 0. The average Bonchev–Trinajstić information content (AvgIpc) is 3.74. The van der Waals surface area contributed by atoms with E-state index in [0.717, 1.165) is 22.7 Å². The van der Waals surface area contributed by atoms with E-state index in [1.807, 2.05) is 0 Å². The normalized spacial score (nSPS) is 11.1. The second kappa shape index (κ2) is 17.1. The summed E-state index contributed by atoms with van der Waals surface area (Å²) in [4.78, 5) is 2.36. The second-order valence-corrected chi connectivity index (χ2v) is 16.1. The second-order valence-electron chi connectivity index (χ2n) is 16.1. The quantitative estimate of drug-likeness (QED) is 0.133. The average molecular weight is 817 g/mol. The maximum absolute atomic E-state index is 2.43. The van der Waals surface area contributed by atoms with Crippen LogP contribution in [0.5, 0.6) is 0 Å². The minimum Gasteiger partial charge on any atom is -0.311 e. The highest BCUT2D eigenvalue weighted by molar-refractivity contribution is 6.05. The first kappa shape index (κ1) is 38.5. The summed E-state index contributed by atoms with van der Waals surface area (Å²) in [5.41, 5.74) is 19.9. The third-order valence-corrected chi connectivity index (χ3v) is 12.3. The molecule has 0 atom stereocenters. The molecule has 0 unspecified atom stereocenters. The summed E-state index contributed by atoms with van der Waals surface area (Å²) < 4.78 is 2.43. The fourth-order valence-corrected chi connectivity index (χ4v) is 9.05. The summed E-state index contributed by atoms with van der Waals surface area (Å²) in [5.74, 6) is 0. The smallest absolute Gasteiger partial charge is 0.0619 e. The van der Waals surface area contributed by atoms with Crippen LogP contribution in [0.1, 0.15) is 0 Å². The molecular weight excluding hydrogens is 773 g/mol. The van der Waals surface area contributed by atoms with Crippen LogP contribution in [0, 0.1) is 0 Å². The number of aromatic nitrogens is 1. The van der Waals surface area contributed by atoms with E-state index in [0.29, 0.717) is 0 Å². The van der Waals surface area contributed by atoms with E-state index in [9.17, 15) is 0 Å². The van der Waals surface area contributed by atoms with Crippen molar-refractivity contribution >= 4 is 28.0 Å². The Hall–Kier alpha value is -8.46. The van der Waals surface area contributed by atoms with E-state index in [2.05, 4.69) is 276 Å². The van der Waals surface area contributed by atoms with Crippen LogP contribution in [-0.4, -0.2) is 4.57 Å². The number of fused-ring (bicyclic) bond motifs is 1. The van der Waals surface area contributed by atoms with Gasteiger partial charge in [0.1, 0.15) is 0 Å². The van der Waals surface area contributed by atoms with E-state index >= 15 is 0 Å². The molecule has 11 rings (SSSR count). The van der Waals surface area contributed by atoms with Crippen molar-refractivity contribution in [3.05, 3.63) is 267 Å². The van der Waals surface area contributed by atoms with Crippen LogP contribution < -0.4 is 4.90 Å². The van der Waals surface area contributed by atoms with Gasteiger partial charge in [0.2, 0.25) is 0 Å². The van der Waals surface area contributed by atoms with Gasteiger partial charge < -0.3 is 9.47 Å². The molecule has 0 spiro atoms.